The van der Waals surface area contributed by atoms with Gasteiger partial charge in [0.05, 0.1) is 5.75 Å². The molecule has 0 radical (unpaired) electrons. The first-order valence-corrected chi connectivity index (χ1v) is 6.39. The predicted octanol–water partition coefficient (Wildman–Crippen LogP) is 1.98. The van der Waals surface area contributed by atoms with Gasteiger partial charge in [0.15, 0.2) is 0 Å². The molecule has 2 rings (SSSR count). The molecule has 0 bridgehead atoms. The Morgan fingerprint density at radius 1 is 1.56 bits per heavy atom. The average Bonchev–Trinajstić information content (AvgIpc) is 3.09. The van der Waals surface area contributed by atoms with Crippen LogP contribution in [0.1, 0.15) is 12.8 Å². The van der Waals surface area contributed by atoms with Crippen LogP contribution in [0.15, 0.2) is 29.2 Å². The molecular weight excluding hydrogens is 220 g/mol. The first-order chi connectivity index (χ1) is 7.66. The molecule has 4 heteroatoms. The van der Waals surface area contributed by atoms with Gasteiger partial charge in [-0.2, -0.15) is 0 Å². The van der Waals surface area contributed by atoms with Crippen LogP contribution in [0, 0.1) is 0 Å². The maximum Gasteiger partial charge on any atom is 0.232 e. The van der Waals surface area contributed by atoms with Crippen molar-refractivity contribution in [2.24, 2.45) is 0 Å². The van der Waals surface area contributed by atoms with Crippen LogP contribution in [0.3, 0.4) is 0 Å². The number of nitrogens with zero attached hydrogens (tertiary/aromatic N) is 1. The topological polar surface area (TPSA) is 46.3 Å². The van der Waals surface area contributed by atoms with Crippen LogP contribution in [0.5, 0.6) is 0 Å². The summed E-state index contributed by atoms with van der Waals surface area (Å²) in [4.78, 5) is 14.7. The Balaban J connectivity index is 1.84. The highest BCUT2D eigenvalue weighted by Crippen LogP contribution is 2.27. The van der Waals surface area contributed by atoms with E-state index in [1.165, 1.54) is 0 Å². The van der Waals surface area contributed by atoms with Gasteiger partial charge in [-0.3, -0.25) is 4.79 Å². The zero-order valence-corrected chi connectivity index (χ0v) is 10.2. The van der Waals surface area contributed by atoms with E-state index in [1.807, 2.05) is 36.2 Å². The van der Waals surface area contributed by atoms with Crippen molar-refractivity contribution in [3.8, 4) is 0 Å². The zero-order chi connectivity index (χ0) is 11.5. The fourth-order valence-electron chi connectivity index (χ4n) is 1.52. The average molecular weight is 236 g/mol. The molecule has 1 aliphatic rings. The van der Waals surface area contributed by atoms with Crippen LogP contribution in [0.25, 0.3) is 0 Å². The van der Waals surface area contributed by atoms with E-state index in [4.69, 9.17) is 5.73 Å². The third-order valence-electron chi connectivity index (χ3n) is 2.71. The standard InChI is InChI=1S/C12H16N2OS/c1-14(10-5-6-10)12(15)8-16-11-4-2-3-9(13)7-11/h2-4,7,10H,5-6,8,13H2,1H3. The molecule has 1 aromatic carbocycles. The van der Waals surface area contributed by atoms with Crippen molar-refractivity contribution in [1.82, 2.24) is 4.90 Å². The molecule has 1 aromatic rings. The number of anilines is 1. The lowest BCUT2D eigenvalue weighted by Crippen LogP contribution is -2.30. The molecule has 0 aliphatic heterocycles. The monoisotopic (exact) mass is 236 g/mol. The van der Waals surface area contributed by atoms with E-state index in [9.17, 15) is 4.79 Å². The number of thioether (sulfide) groups is 1. The van der Waals surface area contributed by atoms with Crippen molar-refractivity contribution in [2.45, 2.75) is 23.8 Å². The van der Waals surface area contributed by atoms with E-state index in [2.05, 4.69) is 0 Å². The molecule has 0 atom stereocenters. The Bertz CT molecular complexity index is 390. The summed E-state index contributed by atoms with van der Waals surface area (Å²) in [6.45, 7) is 0. The molecule has 16 heavy (non-hydrogen) atoms. The minimum absolute atomic E-state index is 0.204. The molecule has 0 aromatic heterocycles. The minimum atomic E-state index is 0.204. The molecule has 0 unspecified atom stereocenters. The molecular formula is C12H16N2OS. The van der Waals surface area contributed by atoms with E-state index in [-0.39, 0.29) is 5.91 Å². The fourth-order valence-corrected chi connectivity index (χ4v) is 2.40. The summed E-state index contributed by atoms with van der Waals surface area (Å²) in [5.41, 5.74) is 6.42. The highest BCUT2D eigenvalue weighted by atomic mass is 32.2. The number of hydrogen-bond donors (Lipinski definition) is 1. The lowest BCUT2D eigenvalue weighted by molar-refractivity contribution is -0.127. The molecule has 3 nitrogen and oxygen atoms in total. The summed E-state index contributed by atoms with van der Waals surface area (Å²) in [5, 5.41) is 0. The number of amides is 1. The number of nitrogen functional groups attached to an aromatic ring is 1. The van der Waals surface area contributed by atoms with Crippen molar-refractivity contribution < 1.29 is 4.79 Å². The summed E-state index contributed by atoms with van der Waals surface area (Å²) >= 11 is 1.54. The normalized spacial score (nSPS) is 14.8. The quantitative estimate of drug-likeness (QED) is 0.642. The molecule has 1 fully saturated rings. The Hall–Kier alpha value is -1.16. The number of benzene rings is 1. The van der Waals surface area contributed by atoms with E-state index in [0.717, 1.165) is 23.4 Å². The first-order valence-electron chi connectivity index (χ1n) is 5.41. The summed E-state index contributed by atoms with van der Waals surface area (Å²) in [6, 6.07) is 8.13. The van der Waals surface area contributed by atoms with E-state index in [0.29, 0.717) is 11.8 Å². The largest absolute Gasteiger partial charge is 0.399 e. The second-order valence-electron chi connectivity index (χ2n) is 4.10. The highest BCUT2D eigenvalue weighted by Gasteiger charge is 2.29. The predicted molar refractivity (Wildman–Crippen MR) is 67.4 cm³/mol. The summed E-state index contributed by atoms with van der Waals surface area (Å²) in [7, 11) is 1.89. The Morgan fingerprint density at radius 2 is 2.31 bits per heavy atom. The van der Waals surface area contributed by atoms with Gasteiger partial charge >= 0.3 is 0 Å². The van der Waals surface area contributed by atoms with Gasteiger partial charge in [0, 0.05) is 23.7 Å². The molecule has 86 valence electrons. The van der Waals surface area contributed by atoms with Gasteiger partial charge in [-0.1, -0.05) is 6.07 Å². The number of carbonyl (C=O) groups is 1. The Labute approximate surface area is 100.0 Å². The van der Waals surface area contributed by atoms with E-state index in [1.54, 1.807) is 11.8 Å². The second kappa shape index (κ2) is 4.78. The van der Waals surface area contributed by atoms with Gasteiger partial charge in [-0.15, -0.1) is 11.8 Å². The van der Waals surface area contributed by atoms with Gasteiger partial charge < -0.3 is 10.6 Å². The summed E-state index contributed by atoms with van der Waals surface area (Å²) in [6.07, 6.45) is 2.32. The van der Waals surface area contributed by atoms with Crippen LogP contribution in [0.2, 0.25) is 0 Å². The number of carbonyl (C=O) groups excluding carboxylic acids is 1. The van der Waals surface area contributed by atoms with Crippen molar-refractivity contribution in [1.29, 1.82) is 0 Å². The van der Waals surface area contributed by atoms with Crippen LogP contribution in [-0.4, -0.2) is 29.6 Å². The Morgan fingerprint density at radius 3 is 2.94 bits per heavy atom. The lowest BCUT2D eigenvalue weighted by atomic mass is 10.3. The summed E-state index contributed by atoms with van der Waals surface area (Å²) < 4.78 is 0. The van der Waals surface area contributed by atoms with E-state index >= 15 is 0 Å². The van der Waals surface area contributed by atoms with Crippen molar-refractivity contribution in [2.75, 3.05) is 18.5 Å². The van der Waals surface area contributed by atoms with Crippen LogP contribution in [-0.2, 0) is 4.79 Å². The SMILES string of the molecule is CN(C(=O)CSc1cccc(N)c1)C1CC1. The first kappa shape index (κ1) is 11.3. The minimum Gasteiger partial charge on any atom is -0.399 e. The third-order valence-corrected chi connectivity index (χ3v) is 3.69. The number of hydrogen-bond acceptors (Lipinski definition) is 3. The third kappa shape index (κ3) is 2.92. The smallest absolute Gasteiger partial charge is 0.232 e. The summed E-state index contributed by atoms with van der Waals surface area (Å²) in [5.74, 6) is 0.700. The molecule has 1 amide bonds. The number of nitrogens with two attached hydrogens (primary N) is 1. The molecule has 1 saturated carbocycles. The Kier molecular flexibility index (Phi) is 3.39. The number of rotatable bonds is 4. The lowest BCUT2D eigenvalue weighted by Gasteiger charge is -2.15. The maximum absolute atomic E-state index is 11.8. The fraction of sp³-hybridized carbons (Fsp3) is 0.417. The molecule has 1 aliphatic carbocycles. The van der Waals surface area contributed by atoms with Crippen molar-refractivity contribution in [3.63, 3.8) is 0 Å². The van der Waals surface area contributed by atoms with Gasteiger partial charge in [0.1, 0.15) is 0 Å². The van der Waals surface area contributed by atoms with Gasteiger partial charge in [-0.25, -0.2) is 0 Å². The van der Waals surface area contributed by atoms with Crippen LogP contribution >= 0.6 is 11.8 Å². The molecule has 0 saturated heterocycles. The zero-order valence-electron chi connectivity index (χ0n) is 9.35. The second-order valence-corrected chi connectivity index (χ2v) is 5.15. The molecule has 0 heterocycles. The van der Waals surface area contributed by atoms with Crippen LogP contribution in [0.4, 0.5) is 5.69 Å². The van der Waals surface area contributed by atoms with Crippen molar-refractivity contribution >= 4 is 23.4 Å². The molecule has 2 N–H and O–H groups in total. The van der Waals surface area contributed by atoms with Gasteiger partial charge in [0.25, 0.3) is 0 Å². The van der Waals surface area contributed by atoms with E-state index < -0.39 is 0 Å². The van der Waals surface area contributed by atoms with Gasteiger partial charge in [-0.05, 0) is 31.0 Å². The van der Waals surface area contributed by atoms with Crippen LogP contribution < -0.4 is 5.73 Å². The highest BCUT2D eigenvalue weighted by molar-refractivity contribution is 8.00. The van der Waals surface area contributed by atoms with Gasteiger partial charge in [0.2, 0.25) is 5.91 Å². The van der Waals surface area contributed by atoms with Crippen molar-refractivity contribution in [3.05, 3.63) is 24.3 Å². The molecule has 0 spiro atoms. The maximum atomic E-state index is 11.8.